The molecule has 1 heterocycles. The van der Waals surface area contributed by atoms with Crippen LogP contribution in [-0.2, 0) is 13.5 Å². The average Bonchev–Trinajstić information content (AvgIpc) is 2.43. The van der Waals surface area contributed by atoms with E-state index < -0.39 is 0 Å². The van der Waals surface area contributed by atoms with Crippen LogP contribution in [0.25, 0.3) is 0 Å². The highest BCUT2D eigenvalue weighted by Gasteiger charge is 2.18. The molecule has 92 valence electrons. The molecule has 1 unspecified atom stereocenters. The Morgan fingerprint density at radius 2 is 2.06 bits per heavy atom. The van der Waals surface area contributed by atoms with Gasteiger partial charge in [0.05, 0.1) is 15.9 Å². The van der Waals surface area contributed by atoms with Crippen molar-refractivity contribution in [2.45, 2.75) is 40.2 Å². The SMILES string of the molecule is CCNC(Cc1c(Br)c(C)nn1C)C(C)C. The minimum Gasteiger partial charge on any atom is -0.314 e. The number of nitrogens with zero attached hydrogens (tertiary/aromatic N) is 2. The van der Waals surface area contributed by atoms with Gasteiger partial charge >= 0.3 is 0 Å². The molecule has 0 aliphatic carbocycles. The lowest BCUT2D eigenvalue weighted by Gasteiger charge is -2.22. The Kier molecular flexibility index (Phi) is 4.99. The van der Waals surface area contributed by atoms with Gasteiger partial charge in [-0.25, -0.2) is 0 Å². The summed E-state index contributed by atoms with van der Waals surface area (Å²) >= 11 is 3.62. The van der Waals surface area contributed by atoms with Crippen LogP contribution in [0, 0.1) is 12.8 Å². The molecular weight excluding hydrogens is 266 g/mol. The van der Waals surface area contributed by atoms with E-state index in [9.17, 15) is 0 Å². The van der Waals surface area contributed by atoms with Crippen molar-refractivity contribution in [1.82, 2.24) is 15.1 Å². The Labute approximate surface area is 107 Å². The Bertz CT molecular complexity index is 344. The Hall–Kier alpha value is -0.350. The Morgan fingerprint density at radius 1 is 1.44 bits per heavy atom. The van der Waals surface area contributed by atoms with Gasteiger partial charge in [-0.05, 0) is 35.3 Å². The van der Waals surface area contributed by atoms with E-state index in [1.807, 2.05) is 18.7 Å². The van der Waals surface area contributed by atoms with E-state index >= 15 is 0 Å². The molecule has 4 heteroatoms. The number of aryl methyl sites for hydroxylation is 2. The van der Waals surface area contributed by atoms with E-state index in [2.05, 4.69) is 47.1 Å². The van der Waals surface area contributed by atoms with E-state index in [4.69, 9.17) is 0 Å². The van der Waals surface area contributed by atoms with Crippen molar-refractivity contribution in [3.05, 3.63) is 15.9 Å². The van der Waals surface area contributed by atoms with Crippen molar-refractivity contribution < 1.29 is 0 Å². The second-order valence-electron chi connectivity index (χ2n) is 4.58. The lowest BCUT2D eigenvalue weighted by Crippen LogP contribution is -2.36. The van der Waals surface area contributed by atoms with E-state index in [0.29, 0.717) is 12.0 Å². The number of aromatic nitrogens is 2. The normalized spacial score (nSPS) is 13.4. The van der Waals surface area contributed by atoms with Crippen LogP contribution in [-0.4, -0.2) is 22.4 Å². The van der Waals surface area contributed by atoms with E-state index in [1.54, 1.807) is 0 Å². The average molecular weight is 288 g/mol. The van der Waals surface area contributed by atoms with E-state index in [-0.39, 0.29) is 0 Å². The molecule has 0 radical (unpaired) electrons. The standard InChI is InChI=1S/C12H22BrN3/c1-6-14-10(8(2)3)7-11-12(13)9(4)15-16(11)5/h8,10,14H,6-7H2,1-5H3. The van der Waals surface area contributed by atoms with Crippen molar-refractivity contribution in [3.63, 3.8) is 0 Å². The van der Waals surface area contributed by atoms with Crippen LogP contribution in [0.4, 0.5) is 0 Å². The summed E-state index contributed by atoms with van der Waals surface area (Å²) in [6, 6.07) is 0.510. The summed E-state index contributed by atoms with van der Waals surface area (Å²) in [6.45, 7) is 9.70. The Balaban J connectivity index is 2.84. The first-order valence-electron chi connectivity index (χ1n) is 5.88. The molecule has 0 saturated carbocycles. The molecule has 1 N–H and O–H groups in total. The third-order valence-electron chi connectivity index (χ3n) is 2.95. The van der Waals surface area contributed by atoms with Crippen molar-refractivity contribution in [1.29, 1.82) is 0 Å². The van der Waals surface area contributed by atoms with Gasteiger partial charge in [0.2, 0.25) is 0 Å². The van der Waals surface area contributed by atoms with Gasteiger partial charge in [0.15, 0.2) is 0 Å². The zero-order valence-electron chi connectivity index (χ0n) is 10.8. The fraction of sp³-hybridized carbons (Fsp3) is 0.750. The predicted molar refractivity (Wildman–Crippen MR) is 71.7 cm³/mol. The fourth-order valence-electron chi connectivity index (χ4n) is 1.92. The van der Waals surface area contributed by atoms with Crippen LogP contribution >= 0.6 is 15.9 Å². The zero-order chi connectivity index (χ0) is 12.3. The number of likely N-dealkylation sites (N-methyl/N-ethyl adjacent to an activating group) is 1. The van der Waals surface area contributed by atoms with Crippen molar-refractivity contribution in [2.75, 3.05) is 6.54 Å². The number of hydrogen-bond donors (Lipinski definition) is 1. The second-order valence-corrected chi connectivity index (χ2v) is 5.38. The quantitative estimate of drug-likeness (QED) is 0.902. The first-order valence-corrected chi connectivity index (χ1v) is 6.68. The van der Waals surface area contributed by atoms with Crippen LogP contribution < -0.4 is 5.32 Å². The van der Waals surface area contributed by atoms with Crippen LogP contribution in [0.5, 0.6) is 0 Å². The van der Waals surface area contributed by atoms with Gasteiger partial charge in [-0.15, -0.1) is 0 Å². The van der Waals surface area contributed by atoms with Crippen molar-refractivity contribution >= 4 is 15.9 Å². The molecule has 1 aromatic heterocycles. The summed E-state index contributed by atoms with van der Waals surface area (Å²) in [5.41, 5.74) is 2.34. The third kappa shape index (κ3) is 3.08. The molecule has 1 atom stereocenters. The monoisotopic (exact) mass is 287 g/mol. The number of hydrogen-bond acceptors (Lipinski definition) is 2. The summed E-state index contributed by atoms with van der Waals surface area (Å²) in [5, 5.41) is 7.96. The topological polar surface area (TPSA) is 29.9 Å². The van der Waals surface area contributed by atoms with Crippen LogP contribution in [0.3, 0.4) is 0 Å². The molecule has 1 aromatic rings. The molecule has 0 saturated heterocycles. The molecule has 0 fully saturated rings. The van der Waals surface area contributed by atoms with Crippen LogP contribution in [0.15, 0.2) is 4.47 Å². The van der Waals surface area contributed by atoms with E-state index in [1.165, 1.54) is 5.69 Å². The molecule has 0 aromatic carbocycles. The van der Waals surface area contributed by atoms with Crippen LogP contribution in [0.1, 0.15) is 32.2 Å². The lowest BCUT2D eigenvalue weighted by atomic mass is 9.99. The van der Waals surface area contributed by atoms with Gasteiger partial charge in [-0.2, -0.15) is 5.10 Å². The highest BCUT2D eigenvalue weighted by Crippen LogP contribution is 2.22. The molecule has 0 amide bonds. The van der Waals surface area contributed by atoms with Crippen molar-refractivity contribution in [2.24, 2.45) is 13.0 Å². The minimum absolute atomic E-state index is 0.510. The van der Waals surface area contributed by atoms with Crippen molar-refractivity contribution in [3.8, 4) is 0 Å². The summed E-state index contributed by atoms with van der Waals surface area (Å²) in [4.78, 5) is 0. The number of nitrogens with one attached hydrogen (secondary N) is 1. The van der Waals surface area contributed by atoms with Gasteiger partial charge in [-0.1, -0.05) is 20.8 Å². The Morgan fingerprint density at radius 3 is 2.44 bits per heavy atom. The molecule has 0 aliphatic rings. The fourth-order valence-corrected chi connectivity index (χ4v) is 2.41. The van der Waals surface area contributed by atoms with Crippen LogP contribution in [0.2, 0.25) is 0 Å². The molecule has 16 heavy (non-hydrogen) atoms. The first-order chi connectivity index (χ1) is 7.47. The highest BCUT2D eigenvalue weighted by molar-refractivity contribution is 9.10. The summed E-state index contributed by atoms with van der Waals surface area (Å²) < 4.78 is 3.13. The maximum atomic E-state index is 4.43. The minimum atomic E-state index is 0.510. The molecule has 0 aliphatic heterocycles. The van der Waals surface area contributed by atoms with E-state index in [0.717, 1.165) is 23.1 Å². The number of rotatable bonds is 5. The second kappa shape index (κ2) is 5.82. The predicted octanol–water partition coefficient (Wildman–Crippen LogP) is 2.67. The molecule has 3 nitrogen and oxygen atoms in total. The molecule has 0 bridgehead atoms. The molecule has 0 spiro atoms. The van der Waals surface area contributed by atoms with Gasteiger partial charge < -0.3 is 5.32 Å². The summed E-state index contributed by atoms with van der Waals surface area (Å²) in [6.07, 6.45) is 1.02. The largest absolute Gasteiger partial charge is 0.314 e. The zero-order valence-corrected chi connectivity index (χ0v) is 12.4. The van der Waals surface area contributed by atoms with Gasteiger partial charge in [0, 0.05) is 19.5 Å². The van der Waals surface area contributed by atoms with Gasteiger partial charge in [0.25, 0.3) is 0 Å². The summed E-state index contributed by atoms with van der Waals surface area (Å²) in [5.74, 6) is 0.627. The molecule has 1 rings (SSSR count). The van der Waals surface area contributed by atoms with Gasteiger partial charge in [0.1, 0.15) is 0 Å². The highest BCUT2D eigenvalue weighted by atomic mass is 79.9. The maximum absolute atomic E-state index is 4.43. The maximum Gasteiger partial charge on any atom is 0.0738 e. The number of halogens is 1. The van der Waals surface area contributed by atoms with Gasteiger partial charge in [-0.3, -0.25) is 4.68 Å². The smallest absolute Gasteiger partial charge is 0.0738 e. The first kappa shape index (κ1) is 13.7. The third-order valence-corrected chi connectivity index (χ3v) is 3.98. The summed E-state index contributed by atoms with van der Waals surface area (Å²) in [7, 11) is 2.01. The molecular formula is C12H22BrN3. The lowest BCUT2D eigenvalue weighted by molar-refractivity contribution is 0.397.